The van der Waals surface area contributed by atoms with E-state index in [1.165, 1.54) is 5.56 Å². The van der Waals surface area contributed by atoms with Crippen LogP contribution in [0.4, 0.5) is 5.82 Å². The molecule has 1 aliphatic rings. The van der Waals surface area contributed by atoms with Gasteiger partial charge >= 0.3 is 0 Å². The van der Waals surface area contributed by atoms with Gasteiger partial charge in [0.15, 0.2) is 0 Å². The fourth-order valence-electron chi connectivity index (χ4n) is 3.04. The third kappa shape index (κ3) is 4.21. The molecule has 1 aliphatic heterocycles. The van der Waals surface area contributed by atoms with Crippen LogP contribution in [0.5, 0.6) is 0 Å². The second-order valence-electron chi connectivity index (χ2n) is 6.08. The van der Waals surface area contributed by atoms with Crippen molar-refractivity contribution in [2.75, 3.05) is 37.6 Å². The average molecular weight is 331 g/mol. The highest BCUT2D eigenvalue weighted by Gasteiger charge is 2.18. The summed E-state index contributed by atoms with van der Waals surface area (Å²) < 4.78 is 0. The van der Waals surface area contributed by atoms with Gasteiger partial charge in [0.2, 0.25) is 0 Å². The minimum Gasteiger partial charge on any atom is -0.354 e. The minimum absolute atomic E-state index is 0.848. The topological polar surface area (TPSA) is 32.3 Å². The number of aromatic nitrogens is 2. The van der Waals surface area contributed by atoms with Crippen LogP contribution in [-0.4, -0.2) is 47.6 Å². The largest absolute Gasteiger partial charge is 0.354 e. The first kappa shape index (κ1) is 16.2. The molecular weight excluding hydrogens is 308 g/mol. The molecule has 23 heavy (non-hydrogen) atoms. The fraction of sp³-hybridized carbons (Fsp3) is 0.444. The second kappa shape index (κ2) is 7.28. The summed E-state index contributed by atoms with van der Waals surface area (Å²) in [5.74, 6) is 1.90. The minimum atomic E-state index is 0.848. The summed E-state index contributed by atoms with van der Waals surface area (Å²) in [4.78, 5) is 13.8. The van der Waals surface area contributed by atoms with Gasteiger partial charge in [-0.25, -0.2) is 9.97 Å². The van der Waals surface area contributed by atoms with Gasteiger partial charge in [0.1, 0.15) is 11.6 Å². The van der Waals surface area contributed by atoms with Crippen LogP contribution in [0, 0.1) is 13.8 Å². The van der Waals surface area contributed by atoms with E-state index in [0.29, 0.717) is 0 Å². The molecule has 122 valence electrons. The number of anilines is 1. The second-order valence-corrected chi connectivity index (χ2v) is 6.49. The standard InChI is InChI=1S/C18H23ClN4/c1-14-13-18(21-15(2)20-14)23-11-9-22(10-12-23)8-7-16-5-3-4-6-17(16)19/h3-6,13H,7-12H2,1-2H3. The van der Waals surface area contributed by atoms with Crippen molar-refractivity contribution < 1.29 is 0 Å². The molecule has 0 radical (unpaired) electrons. The Balaban J connectivity index is 1.53. The predicted octanol–water partition coefficient (Wildman–Crippen LogP) is 3.11. The fourth-order valence-corrected chi connectivity index (χ4v) is 3.27. The zero-order chi connectivity index (χ0) is 16.2. The molecule has 1 aromatic heterocycles. The Morgan fingerprint density at radius 3 is 2.48 bits per heavy atom. The SMILES string of the molecule is Cc1cc(N2CCN(CCc3ccccc3Cl)CC2)nc(C)n1. The molecule has 0 saturated carbocycles. The number of rotatable bonds is 4. The number of hydrogen-bond donors (Lipinski definition) is 0. The van der Waals surface area contributed by atoms with E-state index < -0.39 is 0 Å². The van der Waals surface area contributed by atoms with Crippen LogP contribution in [0.1, 0.15) is 17.1 Å². The summed E-state index contributed by atoms with van der Waals surface area (Å²) in [6.07, 6.45) is 1.01. The predicted molar refractivity (Wildman–Crippen MR) is 95.3 cm³/mol. The van der Waals surface area contributed by atoms with Crippen molar-refractivity contribution in [3.8, 4) is 0 Å². The van der Waals surface area contributed by atoms with Crippen molar-refractivity contribution in [2.24, 2.45) is 0 Å². The van der Waals surface area contributed by atoms with E-state index in [1.807, 2.05) is 26.0 Å². The first-order valence-electron chi connectivity index (χ1n) is 8.15. The molecule has 2 heterocycles. The summed E-state index contributed by atoms with van der Waals surface area (Å²) in [5.41, 5.74) is 2.27. The first-order chi connectivity index (χ1) is 11.1. The van der Waals surface area contributed by atoms with Gasteiger partial charge in [-0.2, -0.15) is 0 Å². The molecule has 2 aromatic rings. The third-order valence-corrected chi connectivity index (χ3v) is 4.67. The Morgan fingerprint density at radius 1 is 1.04 bits per heavy atom. The van der Waals surface area contributed by atoms with Crippen molar-refractivity contribution in [1.82, 2.24) is 14.9 Å². The van der Waals surface area contributed by atoms with Crippen LogP contribution in [0.3, 0.4) is 0 Å². The smallest absolute Gasteiger partial charge is 0.132 e. The highest BCUT2D eigenvalue weighted by molar-refractivity contribution is 6.31. The molecule has 0 amide bonds. The number of benzene rings is 1. The number of piperazine rings is 1. The molecule has 4 nitrogen and oxygen atoms in total. The lowest BCUT2D eigenvalue weighted by molar-refractivity contribution is 0.260. The molecule has 1 fully saturated rings. The zero-order valence-electron chi connectivity index (χ0n) is 13.8. The molecule has 1 aromatic carbocycles. The Hall–Kier alpha value is -1.65. The first-order valence-corrected chi connectivity index (χ1v) is 8.52. The van der Waals surface area contributed by atoms with E-state index in [1.54, 1.807) is 0 Å². The Kier molecular flexibility index (Phi) is 5.13. The maximum absolute atomic E-state index is 6.23. The summed E-state index contributed by atoms with van der Waals surface area (Å²) in [5, 5.41) is 0.873. The van der Waals surface area contributed by atoms with E-state index in [-0.39, 0.29) is 0 Å². The van der Waals surface area contributed by atoms with E-state index in [9.17, 15) is 0 Å². The third-order valence-electron chi connectivity index (χ3n) is 4.30. The van der Waals surface area contributed by atoms with Gasteiger partial charge in [0, 0.05) is 49.5 Å². The lowest BCUT2D eigenvalue weighted by atomic mass is 10.1. The molecular formula is C18H23ClN4. The van der Waals surface area contributed by atoms with Crippen LogP contribution < -0.4 is 4.90 Å². The summed E-state index contributed by atoms with van der Waals surface area (Å²) in [6, 6.07) is 10.2. The van der Waals surface area contributed by atoms with Gasteiger partial charge in [-0.3, -0.25) is 4.90 Å². The molecule has 0 aliphatic carbocycles. The molecule has 3 rings (SSSR count). The van der Waals surface area contributed by atoms with E-state index in [2.05, 4.69) is 38.0 Å². The lowest BCUT2D eigenvalue weighted by Crippen LogP contribution is -2.47. The highest BCUT2D eigenvalue weighted by Crippen LogP contribution is 2.18. The molecule has 0 unspecified atom stereocenters. The van der Waals surface area contributed by atoms with Crippen molar-refractivity contribution in [2.45, 2.75) is 20.3 Å². The van der Waals surface area contributed by atoms with Crippen LogP contribution in [0.25, 0.3) is 0 Å². The van der Waals surface area contributed by atoms with Gasteiger partial charge in [-0.1, -0.05) is 29.8 Å². The number of aryl methyl sites for hydroxylation is 2. The maximum Gasteiger partial charge on any atom is 0.132 e. The van der Waals surface area contributed by atoms with Gasteiger partial charge in [-0.05, 0) is 31.9 Å². The molecule has 1 saturated heterocycles. The Morgan fingerprint density at radius 2 is 1.78 bits per heavy atom. The van der Waals surface area contributed by atoms with Gasteiger partial charge < -0.3 is 4.90 Å². The maximum atomic E-state index is 6.23. The van der Waals surface area contributed by atoms with Crippen molar-refractivity contribution in [3.63, 3.8) is 0 Å². The molecule has 5 heteroatoms. The van der Waals surface area contributed by atoms with Crippen LogP contribution in [0.15, 0.2) is 30.3 Å². The number of nitrogens with zero attached hydrogens (tertiary/aromatic N) is 4. The van der Waals surface area contributed by atoms with Gasteiger partial charge in [-0.15, -0.1) is 0 Å². The molecule has 0 bridgehead atoms. The quantitative estimate of drug-likeness (QED) is 0.862. The zero-order valence-corrected chi connectivity index (χ0v) is 14.6. The summed E-state index contributed by atoms with van der Waals surface area (Å²) in [7, 11) is 0. The lowest BCUT2D eigenvalue weighted by Gasteiger charge is -2.35. The Labute approximate surface area is 143 Å². The van der Waals surface area contributed by atoms with Crippen LogP contribution in [0.2, 0.25) is 5.02 Å². The summed E-state index contributed by atoms with van der Waals surface area (Å²) in [6.45, 7) is 9.18. The normalized spacial score (nSPS) is 15.9. The number of halogens is 1. The van der Waals surface area contributed by atoms with Crippen LogP contribution >= 0.6 is 11.6 Å². The molecule has 0 spiro atoms. The summed E-state index contributed by atoms with van der Waals surface area (Å²) >= 11 is 6.23. The van der Waals surface area contributed by atoms with E-state index in [4.69, 9.17) is 11.6 Å². The Bertz CT molecular complexity index is 646. The van der Waals surface area contributed by atoms with E-state index in [0.717, 1.165) is 61.5 Å². The van der Waals surface area contributed by atoms with Gasteiger partial charge in [0.05, 0.1) is 0 Å². The highest BCUT2D eigenvalue weighted by atomic mass is 35.5. The van der Waals surface area contributed by atoms with Gasteiger partial charge in [0.25, 0.3) is 0 Å². The van der Waals surface area contributed by atoms with Crippen LogP contribution in [-0.2, 0) is 6.42 Å². The monoisotopic (exact) mass is 330 g/mol. The van der Waals surface area contributed by atoms with Crippen molar-refractivity contribution >= 4 is 17.4 Å². The van der Waals surface area contributed by atoms with E-state index >= 15 is 0 Å². The van der Waals surface area contributed by atoms with Crippen molar-refractivity contribution in [1.29, 1.82) is 0 Å². The average Bonchev–Trinajstić information content (AvgIpc) is 2.54. The number of hydrogen-bond acceptors (Lipinski definition) is 4. The molecule has 0 atom stereocenters. The molecule has 0 N–H and O–H groups in total. The van der Waals surface area contributed by atoms with Crippen molar-refractivity contribution in [3.05, 3.63) is 52.4 Å².